The molecule has 1 aromatic heterocycles. The van der Waals surface area contributed by atoms with Gasteiger partial charge in [0.15, 0.2) is 0 Å². The van der Waals surface area contributed by atoms with E-state index in [9.17, 15) is 4.39 Å². The summed E-state index contributed by atoms with van der Waals surface area (Å²) >= 11 is 3.47. The lowest BCUT2D eigenvalue weighted by Gasteiger charge is -2.22. The molecule has 1 aromatic carbocycles. The average Bonchev–Trinajstić information content (AvgIpc) is 2.69. The normalized spacial score (nSPS) is 18.7. The van der Waals surface area contributed by atoms with Crippen LogP contribution in [-0.2, 0) is 6.54 Å². The maximum atomic E-state index is 13.0. The van der Waals surface area contributed by atoms with E-state index in [1.807, 2.05) is 0 Å². The number of aromatic nitrogens is 2. The lowest BCUT2D eigenvalue weighted by atomic mass is 10.1. The predicted octanol–water partition coefficient (Wildman–Crippen LogP) is 3.25. The Bertz CT molecular complexity index is 577. The number of hydrogen-bond donors (Lipinski definition) is 1. The Kier molecular flexibility index (Phi) is 2.95. The maximum Gasteiger partial charge on any atom is 0.141 e. The van der Waals surface area contributed by atoms with Gasteiger partial charge in [0.25, 0.3) is 0 Å². The van der Waals surface area contributed by atoms with Crippen LogP contribution in [0, 0.1) is 5.82 Å². The highest BCUT2D eigenvalue weighted by Gasteiger charge is 2.24. The van der Waals surface area contributed by atoms with Gasteiger partial charge in [-0.15, -0.1) is 0 Å². The molecule has 1 aliphatic heterocycles. The Morgan fingerprint density at radius 2 is 2.06 bits per heavy atom. The zero-order valence-corrected chi connectivity index (χ0v) is 11.3. The highest BCUT2D eigenvalue weighted by atomic mass is 79.9. The van der Waals surface area contributed by atoms with Crippen molar-refractivity contribution in [2.45, 2.75) is 25.4 Å². The van der Waals surface area contributed by atoms with Crippen molar-refractivity contribution in [1.29, 1.82) is 0 Å². The number of nitrogens with zero attached hydrogens (tertiary/aromatic N) is 2. The van der Waals surface area contributed by atoms with E-state index < -0.39 is 0 Å². The van der Waals surface area contributed by atoms with E-state index in [1.54, 1.807) is 12.1 Å². The van der Waals surface area contributed by atoms with Crippen LogP contribution >= 0.6 is 15.9 Å². The Hall–Kier alpha value is -1.20. The van der Waals surface area contributed by atoms with E-state index in [2.05, 4.69) is 25.5 Å². The second kappa shape index (κ2) is 4.48. The molecule has 0 bridgehead atoms. The van der Waals surface area contributed by atoms with Gasteiger partial charge in [0, 0.05) is 18.2 Å². The topological polar surface area (TPSA) is 43.8 Å². The number of nitrogens with two attached hydrogens (primary N) is 1. The van der Waals surface area contributed by atoms with Crippen molar-refractivity contribution in [2.75, 3.05) is 0 Å². The highest BCUT2D eigenvalue weighted by Crippen LogP contribution is 2.34. The van der Waals surface area contributed by atoms with Gasteiger partial charge in [0.2, 0.25) is 0 Å². The van der Waals surface area contributed by atoms with E-state index >= 15 is 0 Å². The summed E-state index contributed by atoms with van der Waals surface area (Å²) < 4.78 is 15.9. The van der Waals surface area contributed by atoms with Crippen molar-refractivity contribution < 1.29 is 4.39 Å². The molecule has 0 aliphatic carbocycles. The first-order valence-electron chi connectivity index (χ1n) is 5.94. The van der Waals surface area contributed by atoms with E-state index in [0.29, 0.717) is 0 Å². The molecular weight excluding hydrogens is 297 g/mol. The van der Waals surface area contributed by atoms with Crippen molar-refractivity contribution in [1.82, 2.24) is 9.55 Å². The zero-order valence-electron chi connectivity index (χ0n) is 9.74. The zero-order chi connectivity index (χ0) is 12.7. The Morgan fingerprint density at radius 3 is 2.78 bits per heavy atom. The molecule has 3 rings (SSSR count). The summed E-state index contributed by atoms with van der Waals surface area (Å²) in [4.78, 5) is 4.52. The van der Waals surface area contributed by atoms with Crippen molar-refractivity contribution in [3.63, 3.8) is 0 Å². The van der Waals surface area contributed by atoms with Gasteiger partial charge in [-0.1, -0.05) is 0 Å². The summed E-state index contributed by atoms with van der Waals surface area (Å²) in [5.74, 6) is 0.618. The maximum absolute atomic E-state index is 13.0. The van der Waals surface area contributed by atoms with Crippen molar-refractivity contribution in [2.24, 2.45) is 5.73 Å². The second-order valence-corrected chi connectivity index (χ2v) is 5.27. The molecule has 2 N–H and O–H groups in total. The van der Waals surface area contributed by atoms with Crippen LogP contribution in [0.1, 0.15) is 24.6 Å². The largest absolute Gasteiger partial charge is 0.326 e. The molecule has 3 nitrogen and oxygen atoms in total. The summed E-state index contributed by atoms with van der Waals surface area (Å²) in [6.45, 7) is 0.911. The minimum atomic E-state index is -0.236. The molecule has 0 radical (unpaired) electrons. The summed E-state index contributed by atoms with van der Waals surface area (Å²) in [6.07, 6.45) is 2.03. The first kappa shape index (κ1) is 11.9. The van der Waals surface area contributed by atoms with Crippen LogP contribution in [0.5, 0.6) is 0 Å². The van der Waals surface area contributed by atoms with Gasteiger partial charge in [0.1, 0.15) is 16.2 Å². The Balaban J connectivity index is 2.13. The minimum absolute atomic E-state index is 0.0230. The van der Waals surface area contributed by atoms with Crippen molar-refractivity contribution in [3.8, 4) is 11.4 Å². The Labute approximate surface area is 113 Å². The highest BCUT2D eigenvalue weighted by molar-refractivity contribution is 9.10. The summed E-state index contributed by atoms with van der Waals surface area (Å²) in [5.41, 5.74) is 8.07. The lowest BCUT2D eigenvalue weighted by molar-refractivity contribution is 0.464. The molecule has 18 heavy (non-hydrogen) atoms. The third kappa shape index (κ3) is 1.87. The first-order chi connectivity index (χ1) is 8.66. The first-order valence-corrected chi connectivity index (χ1v) is 6.73. The van der Waals surface area contributed by atoms with Gasteiger partial charge >= 0.3 is 0 Å². The summed E-state index contributed by atoms with van der Waals surface area (Å²) in [6, 6.07) is 6.42. The fourth-order valence-electron chi connectivity index (χ4n) is 2.44. The number of fused-ring (bicyclic) bond motifs is 1. The van der Waals surface area contributed by atoms with Gasteiger partial charge < -0.3 is 10.3 Å². The van der Waals surface area contributed by atoms with Gasteiger partial charge in [-0.25, -0.2) is 9.37 Å². The molecule has 94 valence electrons. The fourth-order valence-corrected chi connectivity index (χ4v) is 3.12. The molecular formula is C13H13BrFN3. The van der Waals surface area contributed by atoms with Crippen LogP contribution < -0.4 is 5.73 Å². The smallest absolute Gasteiger partial charge is 0.141 e. The SMILES string of the molecule is NC1CCCn2c(-c3ccc(F)cc3)nc(Br)c21. The van der Waals surface area contributed by atoms with Crippen LogP contribution in [-0.4, -0.2) is 9.55 Å². The standard InChI is InChI=1S/C13H13BrFN3/c14-12-11-10(16)2-1-7-18(11)13(17-12)8-3-5-9(15)6-4-8/h3-6,10H,1-2,7,16H2. The molecule has 1 atom stereocenters. The number of hydrogen-bond acceptors (Lipinski definition) is 2. The van der Waals surface area contributed by atoms with E-state index in [-0.39, 0.29) is 11.9 Å². The second-order valence-electron chi connectivity index (χ2n) is 4.52. The molecule has 1 aliphatic rings. The molecule has 0 amide bonds. The molecule has 1 unspecified atom stereocenters. The van der Waals surface area contributed by atoms with E-state index in [1.165, 1.54) is 12.1 Å². The quantitative estimate of drug-likeness (QED) is 0.879. The summed E-state index contributed by atoms with van der Waals surface area (Å²) in [5, 5.41) is 0. The molecule has 2 heterocycles. The molecule has 0 saturated heterocycles. The molecule has 0 spiro atoms. The lowest BCUT2D eigenvalue weighted by Crippen LogP contribution is -2.22. The number of halogens is 2. The molecule has 0 fully saturated rings. The van der Waals surface area contributed by atoms with Crippen LogP contribution in [0.15, 0.2) is 28.9 Å². The molecule has 0 saturated carbocycles. The monoisotopic (exact) mass is 309 g/mol. The van der Waals surface area contributed by atoms with Crippen LogP contribution in [0.25, 0.3) is 11.4 Å². The third-order valence-corrected chi connectivity index (χ3v) is 3.90. The van der Waals surface area contributed by atoms with Gasteiger partial charge in [0.05, 0.1) is 5.69 Å². The Morgan fingerprint density at radius 1 is 1.33 bits per heavy atom. The number of imidazole rings is 1. The van der Waals surface area contributed by atoms with Gasteiger partial charge in [-0.05, 0) is 53.0 Å². The van der Waals surface area contributed by atoms with Crippen LogP contribution in [0.4, 0.5) is 4.39 Å². The fraction of sp³-hybridized carbons (Fsp3) is 0.308. The van der Waals surface area contributed by atoms with Gasteiger partial charge in [-0.3, -0.25) is 0 Å². The third-order valence-electron chi connectivity index (χ3n) is 3.31. The number of benzene rings is 1. The molecule has 2 aromatic rings. The van der Waals surface area contributed by atoms with Crippen molar-refractivity contribution >= 4 is 15.9 Å². The minimum Gasteiger partial charge on any atom is -0.326 e. The molecule has 5 heteroatoms. The predicted molar refractivity (Wildman–Crippen MR) is 71.5 cm³/mol. The number of rotatable bonds is 1. The van der Waals surface area contributed by atoms with E-state index in [0.717, 1.165) is 41.1 Å². The van der Waals surface area contributed by atoms with E-state index in [4.69, 9.17) is 5.73 Å². The van der Waals surface area contributed by atoms with Crippen LogP contribution in [0.2, 0.25) is 0 Å². The summed E-state index contributed by atoms with van der Waals surface area (Å²) in [7, 11) is 0. The average molecular weight is 310 g/mol. The van der Waals surface area contributed by atoms with Crippen LogP contribution in [0.3, 0.4) is 0 Å². The van der Waals surface area contributed by atoms with Crippen molar-refractivity contribution in [3.05, 3.63) is 40.4 Å². The van der Waals surface area contributed by atoms with Gasteiger partial charge in [-0.2, -0.15) is 0 Å².